The summed E-state index contributed by atoms with van der Waals surface area (Å²) in [7, 11) is -0.992. The van der Waals surface area contributed by atoms with Gasteiger partial charge in [-0.05, 0) is 41.8 Å². The molecule has 35 heavy (non-hydrogen) atoms. The van der Waals surface area contributed by atoms with Crippen molar-refractivity contribution in [3.8, 4) is 11.1 Å². The van der Waals surface area contributed by atoms with Gasteiger partial charge in [0.25, 0.3) is 5.91 Å². The zero-order chi connectivity index (χ0) is 25.2. The predicted octanol–water partition coefficient (Wildman–Crippen LogP) is 6.13. The Labute approximate surface area is 203 Å². The molecule has 1 amide bonds. The average molecular weight is 500 g/mol. The molecular weight excluding hydrogens is 475 g/mol. The van der Waals surface area contributed by atoms with Crippen molar-refractivity contribution in [3.05, 3.63) is 94.7 Å². The number of nitrogens with one attached hydrogen (secondary N) is 1. The van der Waals surface area contributed by atoms with Crippen LogP contribution in [0.15, 0.2) is 71.1 Å². The van der Waals surface area contributed by atoms with Crippen LogP contribution in [0.1, 0.15) is 32.8 Å². The fourth-order valence-electron chi connectivity index (χ4n) is 3.97. The Kier molecular flexibility index (Phi) is 7.12. The first-order valence-electron chi connectivity index (χ1n) is 11.0. The van der Waals surface area contributed by atoms with Gasteiger partial charge < -0.3 is 9.73 Å². The minimum absolute atomic E-state index is 0.227. The van der Waals surface area contributed by atoms with Crippen LogP contribution in [0, 0.1) is 6.92 Å². The molecule has 0 aliphatic heterocycles. The summed E-state index contributed by atoms with van der Waals surface area (Å²) in [5, 5.41) is 3.63. The first kappa shape index (κ1) is 24.7. The lowest BCUT2D eigenvalue weighted by atomic mass is 9.99. The summed E-state index contributed by atoms with van der Waals surface area (Å²) in [5.74, 6) is 0.712. The van der Waals surface area contributed by atoms with Crippen LogP contribution in [0.5, 0.6) is 0 Å². The summed E-state index contributed by atoms with van der Waals surface area (Å²) in [5.41, 5.74) is 3.33. The molecule has 1 atom stereocenters. The van der Waals surface area contributed by atoms with E-state index >= 15 is 0 Å². The van der Waals surface area contributed by atoms with Crippen molar-refractivity contribution in [2.75, 3.05) is 18.6 Å². The van der Waals surface area contributed by atoms with Crippen LogP contribution in [0.25, 0.3) is 22.1 Å². The maximum Gasteiger partial charge on any atom is 0.416 e. The Hall–Kier alpha value is -3.39. The molecule has 0 radical (unpaired) electrons. The highest BCUT2D eigenvalue weighted by Crippen LogP contribution is 2.36. The highest BCUT2D eigenvalue weighted by atomic mass is 32.2. The minimum atomic E-state index is -4.41. The third-order valence-electron chi connectivity index (χ3n) is 5.79. The Morgan fingerprint density at radius 2 is 1.77 bits per heavy atom. The minimum Gasteiger partial charge on any atom is -0.460 e. The second-order valence-corrected chi connectivity index (χ2v) is 9.88. The molecule has 3 aromatic carbocycles. The summed E-state index contributed by atoms with van der Waals surface area (Å²) < 4.78 is 56.8. The van der Waals surface area contributed by atoms with Gasteiger partial charge in [0.2, 0.25) is 0 Å². The zero-order valence-electron chi connectivity index (χ0n) is 19.2. The summed E-state index contributed by atoms with van der Waals surface area (Å²) >= 11 is 0. The van der Waals surface area contributed by atoms with Gasteiger partial charge in [-0.1, -0.05) is 48.5 Å². The first-order valence-corrected chi connectivity index (χ1v) is 12.7. The van der Waals surface area contributed by atoms with E-state index in [0.29, 0.717) is 34.8 Å². The highest BCUT2D eigenvalue weighted by molar-refractivity contribution is 7.84. The number of furan rings is 1. The van der Waals surface area contributed by atoms with E-state index in [9.17, 15) is 22.2 Å². The van der Waals surface area contributed by atoms with Gasteiger partial charge in [0.05, 0.1) is 5.56 Å². The summed E-state index contributed by atoms with van der Waals surface area (Å²) in [4.78, 5) is 12.5. The number of alkyl halides is 3. The topological polar surface area (TPSA) is 59.3 Å². The molecule has 1 N–H and O–H groups in total. The monoisotopic (exact) mass is 499 g/mol. The smallest absolute Gasteiger partial charge is 0.416 e. The maximum atomic E-state index is 13.1. The zero-order valence-corrected chi connectivity index (χ0v) is 20.1. The second kappa shape index (κ2) is 10.1. The average Bonchev–Trinajstić information content (AvgIpc) is 3.13. The molecule has 0 aliphatic carbocycles. The summed E-state index contributed by atoms with van der Waals surface area (Å²) in [6, 6.07) is 18.0. The van der Waals surface area contributed by atoms with Gasteiger partial charge in [-0.15, -0.1) is 0 Å². The first-order chi connectivity index (χ1) is 16.6. The van der Waals surface area contributed by atoms with Gasteiger partial charge in [-0.2, -0.15) is 13.2 Å². The fraction of sp³-hybridized carbons (Fsp3) is 0.222. The Morgan fingerprint density at radius 3 is 2.51 bits per heavy atom. The molecule has 0 fully saturated rings. The lowest BCUT2D eigenvalue weighted by Crippen LogP contribution is -2.27. The Balaban J connectivity index is 1.66. The SMILES string of the molecule is Cc1c(Cc2cccc(C(F)(F)F)c2)oc2c(-c3cccc(C(=O)NCCS(C)=O)c3)cccc12. The number of benzene rings is 3. The number of aryl methyl sites for hydroxylation is 1. The number of hydrogen-bond donors (Lipinski definition) is 1. The molecular formula is C27H24F3NO3S. The molecule has 0 bridgehead atoms. The Morgan fingerprint density at radius 1 is 1.03 bits per heavy atom. The van der Waals surface area contributed by atoms with Crippen molar-refractivity contribution >= 4 is 27.7 Å². The third-order valence-corrected chi connectivity index (χ3v) is 6.57. The number of hydrogen-bond acceptors (Lipinski definition) is 3. The van der Waals surface area contributed by atoms with Gasteiger partial charge in [0, 0.05) is 52.3 Å². The number of carbonyl (C=O) groups is 1. The van der Waals surface area contributed by atoms with Crippen molar-refractivity contribution in [3.63, 3.8) is 0 Å². The van der Waals surface area contributed by atoms with E-state index in [1.54, 1.807) is 30.5 Å². The van der Waals surface area contributed by atoms with E-state index in [1.807, 2.05) is 31.2 Å². The van der Waals surface area contributed by atoms with Crippen molar-refractivity contribution in [1.29, 1.82) is 0 Å². The number of amides is 1. The second-order valence-electron chi connectivity index (χ2n) is 8.32. The molecule has 4 nitrogen and oxygen atoms in total. The quantitative estimate of drug-likeness (QED) is 0.333. The van der Waals surface area contributed by atoms with E-state index in [0.717, 1.165) is 34.2 Å². The van der Waals surface area contributed by atoms with E-state index in [1.165, 1.54) is 6.07 Å². The molecule has 0 spiro atoms. The van der Waals surface area contributed by atoms with Crippen LogP contribution >= 0.6 is 0 Å². The molecule has 0 aliphatic rings. The van der Waals surface area contributed by atoms with Crippen molar-refractivity contribution < 1.29 is 26.6 Å². The largest absolute Gasteiger partial charge is 0.460 e. The normalized spacial score (nSPS) is 12.6. The van der Waals surface area contributed by atoms with E-state index in [4.69, 9.17) is 4.42 Å². The maximum absolute atomic E-state index is 13.1. The summed E-state index contributed by atoms with van der Waals surface area (Å²) in [6.45, 7) is 2.21. The lowest BCUT2D eigenvalue weighted by Gasteiger charge is -2.08. The van der Waals surface area contributed by atoms with Crippen LogP contribution < -0.4 is 5.32 Å². The fourth-order valence-corrected chi connectivity index (χ4v) is 4.36. The van der Waals surface area contributed by atoms with Gasteiger partial charge >= 0.3 is 6.18 Å². The van der Waals surface area contributed by atoms with Crippen LogP contribution in [0.2, 0.25) is 0 Å². The van der Waals surface area contributed by atoms with Crippen LogP contribution in [0.4, 0.5) is 13.2 Å². The molecule has 1 unspecified atom stereocenters. The number of carbonyl (C=O) groups excluding carboxylic acids is 1. The molecule has 8 heteroatoms. The Bertz CT molecular complexity index is 1410. The molecule has 0 saturated heterocycles. The molecule has 1 heterocycles. The number of rotatable bonds is 7. The standard InChI is InChI=1S/C27H24F3NO3S/c1-17-22-10-5-11-23(19-7-4-8-20(16-19)26(32)31-12-13-35(2)33)25(22)34-24(17)15-18-6-3-9-21(14-18)27(28,29)30/h3-11,14,16H,12-13,15H2,1-2H3,(H,31,32). The number of fused-ring (bicyclic) bond motifs is 1. The van der Waals surface area contributed by atoms with E-state index < -0.39 is 22.5 Å². The molecule has 4 aromatic rings. The van der Waals surface area contributed by atoms with Gasteiger partial charge in [0.1, 0.15) is 11.3 Å². The third kappa shape index (κ3) is 5.65. The molecule has 182 valence electrons. The van der Waals surface area contributed by atoms with E-state index in [-0.39, 0.29) is 12.3 Å². The van der Waals surface area contributed by atoms with Crippen LogP contribution in [-0.4, -0.2) is 28.7 Å². The highest BCUT2D eigenvalue weighted by Gasteiger charge is 2.30. The predicted molar refractivity (Wildman–Crippen MR) is 132 cm³/mol. The van der Waals surface area contributed by atoms with Crippen LogP contribution in [-0.2, 0) is 23.4 Å². The van der Waals surface area contributed by atoms with Crippen LogP contribution in [0.3, 0.4) is 0 Å². The molecule has 0 saturated carbocycles. The van der Waals surface area contributed by atoms with Gasteiger partial charge in [0.15, 0.2) is 0 Å². The van der Waals surface area contributed by atoms with Crippen molar-refractivity contribution in [2.24, 2.45) is 0 Å². The molecule has 4 rings (SSSR count). The summed E-state index contributed by atoms with van der Waals surface area (Å²) in [6.07, 6.45) is -2.60. The van der Waals surface area contributed by atoms with E-state index in [2.05, 4.69) is 5.32 Å². The molecule has 1 aromatic heterocycles. The van der Waals surface area contributed by atoms with Gasteiger partial charge in [-0.25, -0.2) is 0 Å². The van der Waals surface area contributed by atoms with Gasteiger partial charge in [-0.3, -0.25) is 9.00 Å². The number of para-hydroxylation sites is 1. The van der Waals surface area contributed by atoms with Crippen molar-refractivity contribution in [1.82, 2.24) is 5.32 Å². The lowest BCUT2D eigenvalue weighted by molar-refractivity contribution is -0.137. The number of halogens is 3. The van der Waals surface area contributed by atoms with Crippen molar-refractivity contribution in [2.45, 2.75) is 19.5 Å².